The molecule has 200 valence electrons. The Bertz CT molecular complexity index is 1240. The van der Waals surface area contributed by atoms with Gasteiger partial charge in [-0.25, -0.2) is 18.7 Å². The molecule has 3 rings (SSSR count). The second kappa shape index (κ2) is 12.1. The van der Waals surface area contributed by atoms with Gasteiger partial charge in [-0.2, -0.15) is 13.2 Å². The van der Waals surface area contributed by atoms with Gasteiger partial charge >= 0.3 is 12.1 Å². The Morgan fingerprint density at radius 2 is 1.73 bits per heavy atom. The second-order valence-electron chi connectivity index (χ2n) is 7.94. The molecule has 5 N–H and O–H groups in total. The topological polar surface area (TPSA) is 171 Å². The van der Waals surface area contributed by atoms with E-state index in [4.69, 9.17) is 19.8 Å². The molecule has 1 unspecified atom stereocenters. The summed E-state index contributed by atoms with van der Waals surface area (Å²) in [5, 5.41) is 21.7. The Morgan fingerprint density at radius 1 is 1.16 bits per heavy atom. The number of alkyl halides is 3. The van der Waals surface area contributed by atoms with E-state index in [2.05, 4.69) is 34.3 Å². The van der Waals surface area contributed by atoms with Crippen LogP contribution in [0.2, 0.25) is 0 Å². The van der Waals surface area contributed by atoms with Crippen molar-refractivity contribution in [1.82, 2.24) is 16.1 Å². The van der Waals surface area contributed by atoms with Gasteiger partial charge in [-0.05, 0) is 36.1 Å². The maximum Gasteiger partial charge on any atom is 0.490 e. The second-order valence-corrected chi connectivity index (χ2v) is 10.0. The third-order valence-corrected chi connectivity index (χ3v) is 7.08. The van der Waals surface area contributed by atoms with E-state index >= 15 is 0 Å². The lowest BCUT2D eigenvalue weighted by Crippen LogP contribution is -2.71. The molecule has 2 aliphatic heterocycles. The van der Waals surface area contributed by atoms with E-state index in [-0.39, 0.29) is 5.56 Å². The SMILES string of the molecule is COC1(C(NC(=O)c2ccc(C#CC#CC3CNC3)cc2)C(=O)NO)CS(=O)(=O)C1.O=C(O)C(F)(F)F. The molecule has 1 atom stereocenters. The van der Waals surface area contributed by atoms with Gasteiger partial charge < -0.3 is 20.5 Å². The standard InChI is InChI=1S/C20H21N3O6S.C2HF3O2/c1-29-20(12-30(27,28)13-20)17(19(25)23-26)22-18(24)16-8-6-14(7-9-16)4-2-3-5-15-10-21-11-15;3-2(4,5)1(6)7/h6-9,15,17,21,26H,10-13H2,1H3,(H,22,24)(H,23,25);(H,6,7). The highest BCUT2D eigenvalue weighted by Gasteiger charge is 2.57. The van der Waals surface area contributed by atoms with Crippen LogP contribution in [0, 0.1) is 29.6 Å². The average Bonchev–Trinajstić information content (AvgIpc) is 2.79. The van der Waals surface area contributed by atoms with Gasteiger partial charge in [0.15, 0.2) is 9.84 Å². The monoisotopic (exact) mass is 545 g/mol. The van der Waals surface area contributed by atoms with E-state index in [0.29, 0.717) is 11.5 Å². The van der Waals surface area contributed by atoms with Crippen molar-refractivity contribution in [3.8, 4) is 23.7 Å². The number of carbonyl (C=O) groups excluding carboxylic acids is 2. The predicted molar refractivity (Wildman–Crippen MR) is 121 cm³/mol. The van der Waals surface area contributed by atoms with Crippen molar-refractivity contribution in [2.45, 2.75) is 17.8 Å². The maximum atomic E-state index is 12.6. The number of methoxy groups -OCH3 is 1. The number of halogens is 3. The third kappa shape index (κ3) is 8.19. The van der Waals surface area contributed by atoms with Gasteiger partial charge in [0.05, 0.1) is 11.5 Å². The van der Waals surface area contributed by atoms with Crippen molar-refractivity contribution in [2.75, 3.05) is 31.7 Å². The van der Waals surface area contributed by atoms with Crippen LogP contribution in [-0.4, -0.2) is 86.0 Å². The molecule has 1 aromatic rings. The minimum atomic E-state index is -5.08. The highest BCUT2D eigenvalue weighted by molar-refractivity contribution is 7.93. The molecular weight excluding hydrogens is 523 g/mol. The van der Waals surface area contributed by atoms with Gasteiger partial charge in [0, 0.05) is 37.2 Å². The summed E-state index contributed by atoms with van der Waals surface area (Å²) in [6.45, 7) is 1.76. The molecule has 0 aromatic heterocycles. The number of benzene rings is 1. The van der Waals surface area contributed by atoms with E-state index in [1.807, 2.05) is 0 Å². The summed E-state index contributed by atoms with van der Waals surface area (Å²) in [5.74, 6) is 6.58. The van der Waals surface area contributed by atoms with Crippen LogP contribution in [0.1, 0.15) is 15.9 Å². The van der Waals surface area contributed by atoms with Gasteiger partial charge in [-0.3, -0.25) is 14.8 Å². The van der Waals surface area contributed by atoms with Crippen LogP contribution >= 0.6 is 0 Å². The molecule has 2 aliphatic rings. The van der Waals surface area contributed by atoms with Crippen molar-refractivity contribution < 1.29 is 51.0 Å². The number of ether oxygens (including phenoxy) is 1. The average molecular weight is 545 g/mol. The lowest BCUT2D eigenvalue weighted by atomic mass is 9.95. The Kier molecular flexibility index (Phi) is 9.66. The number of carboxylic acid groups (broad SMARTS) is 1. The van der Waals surface area contributed by atoms with E-state index in [1.54, 1.807) is 12.1 Å². The predicted octanol–water partition coefficient (Wildman–Crippen LogP) is -0.688. The lowest BCUT2D eigenvalue weighted by molar-refractivity contribution is -0.192. The number of hydrogen-bond donors (Lipinski definition) is 5. The van der Waals surface area contributed by atoms with Gasteiger partial charge in [0.2, 0.25) is 0 Å². The molecule has 0 saturated carbocycles. The van der Waals surface area contributed by atoms with E-state index in [1.165, 1.54) is 24.7 Å². The number of sulfone groups is 1. The minimum Gasteiger partial charge on any atom is -0.475 e. The van der Waals surface area contributed by atoms with Crippen LogP contribution in [0.15, 0.2) is 24.3 Å². The van der Waals surface area contributed by atoms with Crippen LogP contribution in [0.4, 0.5) is 13.2 Å². The molecule has 2 heterocycles. The minimum absolute atomic E-state index is 0.233. The first kappa shape index (κ1) is 29.6. The number of carboxylic acids is 1. The fraction of sp³-hybridized carbons (Fsp3) is 0.409. The zero-order valence-electron chi connectivity index (χ0n) is 19.2. The molecule has 0 aliphatic carbocycles. The Balaban J connectivity index is 0.000000604. The van der Waals surface area contributed by atoms with Crippen molar-refractivity contribution >= 4 is 27.6 Å². The zero-order valence-corrected chi connectivity index (χ0v) is 20.0. The van der Waals surface area contributed by atoms with Gasteiger partial charge in [-0.1, -0.05) is 11.8 Å². The van der Waals surface area contributed by atoms with Crippen molar-refractivity contribution in [1.29, 1.82) is 0 Å². The number of carbonyl (C=O) groups is 3. The molecule has 37 heavy (non-hydrogen) atoms. The number of hydrogen-bond acceptors (Lipinski definition) is 8. The van der Waals surface area contributed by atoms with Crippen LogP contribution in [0.5, 0.6) is 0 Å². The molecule has 2 saturated heterocycles. The molecule has 2 amide bonds. The first-order valence-electron chi connectivity index (χ1n) is 10.4. The summed E-state index contributed by atoms with van der Waals surface area (Å²) in [7, 11) is -2.13. The third-order valence-electron chi connectivity index (χ3n) is 5.23. The van der Waals surface area contributed by atoms with Crippen molar-refractivity contribution in [2.24, 2.45) is 5.92 Å². The van der Waals surface area contributed by atoms with Crippen LogP contribution in [-0.2, 0) is 24.2 Å². The number of rotatable bonds is 5. The highest BCUT2D eigenvalue weighted by atomic mass is 32.2. The number of aliphatic carboxylic acids is 1. The molecule has 0 spiro atoms. The molecule has 1 aromatic carbocycles. The molecule has 2 fully saturated rings. The summed E-state index contributed by atoms with van der Waals surface area (Å²) < 4.78 is 60.2. The van der Waals surface area contributed by atoms with E-state index in [9.17, 15) is 31.2 Å². The van der Waals surface area contributed by atoms with Crippen LogP contribution in [0.3, 0.4) is 0 Å². The molecular formula is C22H22F3N3O8S. The van der Waals surface area contributed by atoms with E-state index < -0.39 is 56.9 Å². The number of amides is 2. The van der Waals surface area contributed by atoms with Crippen molar-refractivity contribution in [3.05, 3.63) is 35.4 Å². The first-order chi connectivity index (χ1) is 17.2. The summed E-state index contributed by atoms with van der Waals surface area (Å²) in [6.07, 6.45) is -5.08. The number of nitrogens with one attached hydrogen (secondary N) is 3. The van der Waals surface area contributed by atoms with Crippen LogP contribution < -0.4 is 16.1 Å². The summed E-state index contributed by atoms with van der Waals surface area (Å²) in [5.41, 5.74) is 0.900. The maximum absolute atomic E-state index is 12.6. The largest absolute Gasteiger partial charge is 0.490 e. The van der Waals surface area contributed by atoms with Gasteiger partial charge in [0.1, 0.15) is 11.6 Å². The summed E-state index contributed by atoms with van der Waals surface area (Å²) >= 11 is 0. The number of hydroxylamine groups is 1. The smallest absolute Gasteiger partial charge is 0.475 e. The molecule has 0 bridgehead atoms. The Hall–Kier alpha value is -3.63. The quantitative estimate of drug-likeness (QED) is 0.183. The Morgan fingerprint density at radius 3 is 2.14 bits per heavy atom. The highest BCUT2D eigenvalue weighted by Crippen LogP contribution is 2.31. The normalized spacial score (nSPS) is 17.9. The molecule has 15 heteroatoms. The van der Waals surface area contributed by atoms with Gasteiger partial charge in [-0.15, -0.1) is 0 Å². The summed E-state index contributed by atoms with van der Waals surface area (Å²) in [6, 6.07) is 4.92. The first-order valence-corrected chi connectivity index (χ1v) is 12.2. The molecule has 0 radical (unpaired) electrons. The zero-order chi connectivity index (χ0) is 27.9. The van der Waals surface area contributed by atoms with Crippen LogP contribution in [0.25, 0.3) is 0 Å². The fourth-order valence-corrected chi connectivity index (χ4v) is 5.13. The fourth-order valence-electron chi connectivity index (χ4n) is 3.16. The van der Waals surface area contributed by atoms with E-state index in [0.717, 1.165) is 13.1 Å². The van der Waals surface area contributed by atoms with Crippen molar-refractivity contribution in [3.63, 3.8) is 0 Å². The van der Waals surface area contributed by atoms with Gasteiger partial charge in [0.25, 0.3) is 11.8 Å². The summed E-state index contributed by atoms with van der Waals surface area (Å²) in [4.78, 5) is 33.6. The lowest BCUT2D eigenvalue weighted by Gasteiger charge is -2.44. The molecule has 11 nitrogen and oxygen atoms in total. The Labute approximate surface area is 209 Å².